The van der Waals surface area contributed by atoms with E-state index in [4.69, 9.17) is 4.74 Å². The first kappa shape index (κ1) is 22.4. The molecule has 0 spiro atoms. The van der Waals surface area contributed by atoms with E-state index in [9.17, 15) is 4.39 Å². The lowest BCUT2D eigenvalue weighted by atomic mass is 9.69. The molecule has 1 aromatic carbocycles. The zero-order chi connectivity index (χ0) is 20.5. The van der Waals surface area contributed by atoms with Crippen LogP contribution < -0.4 is 4.74 Å². The van der Waals surface area contributed by atoms with Crippen molar-refractivity contribution in [3.8, 4) is 5.75 Å². The van der Waals surface area contributed by atoms with Gasteiger partial charge in [-0.3, -0.25) is 0 Å². The van der Waals surface area contributed by atoms with Crippen LogP contribution >= 0.6 is 0 Å². The Balaban J connectivity index is 1.72. The quantitative estimate of drug-likeness (QED) is 0.283. The highest BCUT2D eigenvalue weighted by Gasteiger charge is 2.30. The average Bonchev–Trinajstić information content (AvgIpc) is 2.75. The minimum atomic E-state index is -0.174. The van der Waals surface area contributed by atoms with E-state index in [2.05, 4.69) is 32.1 Å². The summed E-state index contributed by atoms with van der Waals surface area (Å²) in [5.74, 6) is 3.12. The first-order valence-corrected chi connectivity index (χ1v) is 12.3. The molecular formula is C27H41FO. The summed E-state index contributed by atoms with van der Waals surface area (Å²) in [7, 11) is 0. The lowest BCUT2D eigenvalue weighted by molar-refractivity contribution is 0.211. The van der Waals surface area contributed by atoms with Crippen molar-refractivity contribution in [1.82, 2.24) is 0 Å². The van der Waals surface area contributed by atoms with Gasteiger partial charge in [-0.15, -0.1) is 0 Å². The molecule has 0 bridgehead atoms. The summed E-state index contributed by atoms with van der Waals surface area (Å²) in [6.07, 6.45) is 19.7. The summed E-state index contributed by atoms with van der Waals surface area (Å²) in [6.45, 7) is 5.04. The van der Waals surface area contributed by atoms with E-state index in [0.717, 1.165) is 24.7 Å². The van der Waals surface area contributed by atoms with Gasteiger partial charge in [0.2, 0.25) is 0 Å². The van der Waals surface area contributed by atoms with Crippen LogP contribution in [0, 0.1) is 23.6 Å². The number of hydrogen-bond acceptors (Lipinski definition) is 1. The lowest BCUT2D eigenvalue weighted by Gasteiger charge is -2.36. The molecule has 0 aliphatic heterocycles. The van der Waals surface area contributed by atoms with Crippen molar-refractivity contribution < 1.29 is 9.13 Å². The SMILES string of the molecule is CCCCOc1ccc(C(CC2CC=CCC2)C2CCC(CCC)CC2)cc1F. The van der Waals surface area contributed by atoms with Crippen LogP contribution in [0.3, 0.4) is 0 Å². The van der Waals surface area contributed by atoms with Crippen molar-refractivity contribution >= 4 is 0 Å². The molecule has 2 heteroatoms. The largest absolute Gasteiger partial charge is 0.491 e. The fourth-order valence-electron chi connectivity index (χ4n) is 5.51. The molecule has 1 aromatic rings. The molecule has 1 nitrogen and oxygen atoms in total. The van der Waals surface area contributed by atoms with Gasteiger partial charge in [-0.2, -0.15) is 0 Å². The maximum Gasteiger partial charge on any atom is 0.165 e. The van der Waals surface area contributed by atoms with Crippen molar-refractivity contribution in [1.29, 1.82) is 0 Å². The predicted octanol–water partition coefficient (Wildman–Crippen LogP) is 8.44. The molecule has 0 amide bonds. The molecule has 0 saturated heterocycles. The van der Waals surface area contributed by atoms with Crippen LogP contribution in [0.15, 0.2) is 30.4 Å². The molecule has 0 heterocycles. The molecule has 162 valence electrons. The molecule has 2 unspecified atom stereocenters. The Labute approximate surface area is 178 Å². The Kier molecular flexibility index (Phi) is 9.08. The molecule has 2 atom stereocenters. The van der Waals surface area contributed by atoms with Gasteiger partial charge in [0.15, 0.2) is 11.6 Å². The van der Waals surface area contributed by atoms with Crippen LogP contribution in [-0.2, 0) is 0 Å². The standard InChI is InChI=1S/C27H41FO/c1-3-5-18-29-27-17-16-24(20-26(27)28)25(19-22-10-7-6-8-11-22)23-14-12-21(9-4-2)13-15-23/h6-7,16-17,20-23,25H,3-5,8-15,18-19H2,1-2H3. The van der Waals surface area contributed by atoms with E-state index in [0.29, 0.717) is 24.2 Å². The second-order valence-corrected chi connectivity index (χ2v) is 9.45. The van der Waals surface area contributed by atoms with Gasteiger partial charge in [0.1, 0.15) is 0 Å². The van der Waals surface area contributed by atoms with Crippen LogP contribution in [0.2, 0.25) is 0 Å². The summed E-state index contributed by atoms with van der Waals surface area (Å²) >= 11 is 0. The molecule has 2 aliphatic carbocycles. The molecule has 3 rings (SSSR count). The van der Waals surface area contributed by atoms with Crippen LogP contribution in [0.1, 0.15) is 102 Å². The number of rotatable bonds is 10. The highest BCUT2D eigenvalue weighted by molar-refractivity contribution is 5.32. The van der Waals surface area contributed by atoms with Gasteiger partial charge in [-0.05, 0) is 86.3 Å². The van der Waals surface area contributed by atoms with Gasteiger partial charge < -0.3 is 4.74 Å². The fraction of sp³-hybridized carbons (Fsp3) is 0.704. The maximum absolute atomic E-state index is 14.8. The van der Waals surface area contributed by atoms with Gasteiger partial charge in [0, 0.05) is 0 Å². The summed E-state index contributed by atoms with van der Waals surface area (Å²) in [6, 6.07) is 5.84. The minimum Gasteiger partial charge on any atom is -0.491 e. The molecule has 29 heavy (non-hydrogen) atoms. The number of ether oxygens (including phenoxy) is 1. The number of allylic oxidation sites excluding steroid dienone is 2. The Morgan fingerprint density at radius 3 is 2.48 bits per heavy atom. The van der Waals surface area contributed by atoms with Crippen molar-refractivity contribution in [2.24, 2.45) is 17.8 Å². The summed E-state index contributed by atoms with van der Waals surface area (Å²) < 4.78 is 20.5. The third-order valence-corrected chi connectivity index (χ3v) is 7.26. The fourth-order valence-corrected chi connectivity index (χ4v) is 5.51. The number of halogens is 1. The highest BCUT2D eigenvalue weighted by atomic mass is 19.1. The molecule has 2 aliphatic rings. The number of hydrogen-bond donors (Lipinski definition) is 0. The second kappa shape index (κ2) is 11.8. The maximum atomic E-state index is 14.8. The van der Waals surface area contributed by atoms with E-state index in [-0.39, 0.29) is 5.82 Å². The van der Waals surface area contributed by atoms with Gasteiger partial charge in [0.25, 0.3) is 0 Å². The molecule has 0 radical (unpaired) electrons. The first-order chi connectivity index (χ1) is 14.2. The number of benzene rings is 1. The second-order valence-electron chi connectivity index (χ2n) is 9.45. The zero-order valence-corrected chi connectivity index (χ0v) is 18.7. The summed E-state index contributed by atoms with van der Waals surface area (Å²) in [5.41, 5.74) is 1.21. The molecule has 1 saturated carbocycles. The Morgan fingerprint density at radius 2 is 1.83 bits per heavy atom. The van der Waals surface area contributed by atoms with Crippen LogP contribution in [0.25, 0.3) is 0 Å². The smallest absolute Gasteiger partial charge is 0.165 e. The van der Waals surface area contributed by atoms with Crippen molar-refractivity contribution in [2.75, 3.05) is 6.61 Å². The van der Waals surface area contributed by atoms with E-state index >= 15 is 0 Å². The molecule has 0 aromatic heterocycles. The summed E-state index contributed by atoms with van der Waals surface area (Å²) in [4.78, 5) is 0. The monoisotopic (exact) mass is 400 g/mol. The lowest BCUT2D eigenvalue weighted by Crippen LogP contribution is -2.23. The molecule has 0 N–H and O–H groups in total. The average molecular weight is 401 g/mol. The van der Waals surface area contributed by atoms with Gasteiger partial charge in [-0.25, -0.2) is 4.39 Å². The van der Waals surface area contributed by atoms with E-state index in [1.165, 1.54) is 69.8 Å². The molecule has 1 fully saturated rings. The van der Waals surface area contributed by atoms with Crippen molar-refractivity contribution in [3.63, 3.8) is 0 Å². The molecular weight excluding hydrogens is 359 g/mol. The Bertz CT molecular complexity index is 629. The Hall–Kier alpha value is -1.31. The van der Waals surface area contributed by atoms with Gasteiger partial charge in [0.05, 0.1) is 6.61 Å². The van der Waals surface area contributed by atoms with Crippen molar-refractivity contribution in [2.45, 2.75) is 96.8 Å². The van der Waals surface area contributed by atoms with E-state index in [1.807, 2.05) is 6.07 Å². The highest BCUT2D eigenvalue weighted by Crippen LogP contribution is 2.44. The predicted molar refractivity (Wildman–Crippen MR) is 121 cm³/mol. The normalized spacial score (nSPS) is 25.7. The van der Waals surface area contributed by atoms with Gasteiger partial charge in [-0.1, -0.05) is 64.2 Å². The van der Waals surface area contributed by atoms with Crippen molar-refractivity contribution in [3.05, 3.63) is 41.7 Å². The van der Waals surface area contributed by atoms with Crippen LogP contribution in [-0.4, -0.2) is 6.61 Å². The third kappa shape index (κ3) is 6.59. The number of unbranched alkanes of at least 4 members (excludes halogenated alkanes) is 1. The summed E-state index contributed by atoms with van der Waals surface area (Å²) in [5, 5.41) is 0. The zero-order valence-electron chi connectivity index (χ0n) is 18.7. The van der Waals surface area contributed by atoms with E-state index in [1.54, 1.807) is 6.07 Å². The topological polar surface area (TPSA) is 9.23 Å². The van der Waals surface area contributed by atoms with E-state index < -0.39 is 0 Å². The van der Waals surface area contributed by atoms with Gasteiger partial charge >= 0.3 is 0 Å². The Morgan fingerprint density at radius 1 is 1.00 bits per heavy atom. The third-order valence-electron chi connectivity index (χ3n) is 7.26. The first-order valence-electron chi connectivity index (χ1n) is 12.3. The van der Waals surface area contributed by atoms with Crippen LogP contribution in [0.4, 0.5) is 4.39 Å². The minimum absolute atomic E-state index is 0.174. The van der Waals surface area contributed by atoms with Crippen LogP contribution in [0.5, 0.6) is 5.75 Å².